The molecule has 3 heterocycles. The van der Waals surface area contributed by atoms with Crippen LogP contribution in [0, 0.1) is 19.8 Å². The molecule has 6 nitrogen and oxygen atoms in total. The van der Waals surface area contributed by atoms with Gasteiger partial charge >= 0.3 is 0 Å². The van der Waals surface area contributed by atoms with Gasteiger partial charge in [0, 0.05) is 55.0 Å². The predicted molar refractivity (Wildman–Crippen MR) is 107 cm³/mol. The number of aryl methyl sites for hydroxylation is 2. The molecule has 152 valence electrons. The summed E-state index contributed by atoms with van der Waals surface area (Å²) in [6, 6.07) is 0. The van der Waals surface area contributed by atoms with E-state index in [0.717, 1.165) is 87.5 Å². The molecule has 3 aliphatic rings. The van der Waals surface area contributed by atoms with Gasteiger partial charge in [-0.25, -0.2) is 9.97 Å². The van der Waals surface area contributed by atoms with E-state index in [1.165, 1.54) is 6.42 Å². The van der Waals surface area contributed by atoms with Crippen LogP contribution < -0.4 is 0 Å². The van der Waals surface area contributed by atoms with E-state index in [0.29, 0.717) is 12.3 Å². The van der Waals surface area contributed by atoms with Gasteiger partial charge in [0.25, 0.3) is 0 Å². The first-order valence-corrected chi connectivity index (χ1v) is 10.9. The molecule has 3 fully saturated rings. The minimum absolute atomic E-state index is 0.190. The van der Waals surface area contributed by atoms with E-state index in [1.807, 2.05) is 23.6 Å². The number of carbonyl (C=O) groups excluding carboxylic acids is 2. The number of nitrogens with zero attached hydrogens (tertiary/aromatic N) is 4. The Kier molecular flexibility index (Phi) is 5.65. The minimum Gasteiger partial charge on any atom is -0.342 e. The molecule has 0 radical (unpaired) electrons. The van der Waals surface area contributed by atoms with Crippen molar-refractivity contribution in [3.05, 3.63) is 22.8 Å². The van der Waals surface area contributed by atoms with E-state index in [2.05, 4.69) is 0 Å². The molecular formula is C22H32N4O2. The Morgan fingerprint density at radius 1 is 0.893 bits per heavy atom. The van der Waals surface area contributed by atoms with Crippen molar-refractivity contribution in [3.8, 4) is 0 Å². The Morgan fingerprint density at radius 2 is 1.54 bits per heavy atom. The van der Waals surface area contributed by atoms with Crippen molar-refractivity contribution in [2.24, 2.45) is 5.92 Å². The smallest absolute Gasteiger partial charge is 0.227 e. The fraction of sp³-hybridized carbons (Fsp3) is 0.727. The van der Waals surface area contributed by atoms with E-state index in [9.17, 15) is 9.59 Å². The van der Waals surface area contributed by atoms with Gasteiger partial charge in [0.15, 0.2) is 0 Å². The van der Waals surface area contributed by atoms with Gasteiger partial charge < -0.3 is 9.80 Å². The summed E-state index contributed by atoms with van der Waals surface area (Å²) in [5.41, 5.74) is 2.80. The maximum atomic E-state index is 12.6. The summed E-state index contributed by atoms with van der Waals surface area (Å²) >= 11 is 0. The van der Waals surface area contributed by atoms with Gasteiger partial charge in [-0.3, -0.25) is 9.59 Å². The number of rotatable bonds is 4. The lowest BCUT2D eigenvalue weighted by molar-refractivity contribution is -0.139. The normalized spacial score (nSPS) is 23.0. The molecule has 1 aliphatic carbocycles. The van der Waals surface area contributed by atoms with E-state index in [1.54, 1.807) is 0 Å². The Balaban J connectivity index is 1.46. The predicted octanol–water partition coefficient (Wildman–Crippen LogP) is 2.76. The van der Waals surface area contributed by atoms with Crippen molar-refractivity contribution in [3.63, 3.8) is 0 Å². The summed E-state index contributed by atoms with van der Waals surface area (Å²) in [7, 11) is 0. The van der Waals surface area contributed by atoms with Crippen LogP contribution in [-0.4, -0.2) is 57.8 Å². The van der Waals surface area contributed by atoms with Crippen molar-refractivity contribution >= 4 is 11.8 Å². The number of amides is 2. The Labute approximate surface area is 167 Å². The Morgan fingerprint density at radius 3 is 2.14 bits per heavy atom. The third-order valence-electron chi connectivity index (χ3n) is 6.78. The fourth-order valence-corrected chi connectivity index (χ4v) is 4.73. The van der Waals surface area contributed by atoms with E-state index in [-0.39, 0.29) is 17.7 Å². The van der Waals surface area contributed by atoms with E-state index < -0.39 is 0 Å². The van der Waals surface area contributed by atoms with Crippen LogP contribution in [-0.2, 0) is 16.0 Å². The molecule has 2 aliphatic heterocycles. The van der Waals surface area contributed by atoms with Gasteiger partial charge in [-0.05, 0) is 52.4 Å². The van der Waals surface area contributed by atoms with Crippen LogP contribution >= 0.6 is 0 Å². The maximum absolute atomic E-state index is 12.6. The molecule has 0 N–H and O–H groups in total. The molecule has 0 unspecified atom stereocenters. The highest BCUT2D eigenvalue weighted by molar-refractivity contribution is 5.80. The van der Waals surface area contributed by atoms with Crippen molar-refractivity contribution in [1.29, 1.82) is 0 Å². The Bertz CT molecular complexity index is 730. The zero-order valence-corrected chi connectivity index (χ0v) is 17.2. The van der Waals surface area contributed by atoms with Crippen LogP contribution in [0.25, 0.3) is 0 Å². The third-order valence-corrected chi connectivity index (χ3v) is 6.78. The largest absolute Gasteiger partial charge is 0.342 e. The van der Waals surface area contributed by atoms with Crippen LogP contribution in [0.15, 0.2) is 0 Å². The molecule has 1 aromatic rings. The van der Waals surface area contributed by atoms with Crippen LogP contribution in [0.5, 0.6) is 0 Å². The zero-order valence-electron chi connectivity index (χ0n) is 17.2. The summed E-state index contributed by atoms with van der Waals surface area (Å²) in [4.78, 5) is 38.8. The number of likely N-dealkylation sites (tertiary alicyclic amines) is 2. The van der Waals surface area contributed by atoms with Crippen molar-refractivity contribution in [1.82, 2.24) is 19.8 Å². The highest BCUT2D eigenvalue weighted by Crippen LogP contribution is 2.32. The molecule has 1 saturated carbocycles. The number of piperidine rings is 1. The van der Waals surface area contributed by atoms with E-state index in [4.69, 9.17) is 9.97 Å². The van der Waals surface area contributed by atoms with Gasteiger partial charge in [0.2, 0.25) is 11.8 Å². The van der Waals surface area contributed by atoms with Crippen molar-refractivity contribution in [2.45, 2.75) is 71.1 Å². The number of hydrogen-bond donors (Lipinski definition) is 0. The second-order valence-electron chi connectivity index (χ2n) is 8.75. The molecular weight excluding hydrogens is 352 g/mol. The second kappa shape index (κ2) is 8.18. The molecule has 6 heteroatoms. The zero-order chi connectivity index (χ0) is 19.7. The summed E-state index contributed by atoms with van der Waals surface area (Å²) < 4.78 is 0. The van der Waals surface area contributed by atoms with Gasteiger partial charge in [0.1, 0.15) is 5.82 Å². The highest BCUT2D eigenvalue weighted by atomic mass is 16.2. The average Bonchev–Trinajstić information content (AvgIpc) is 3.18. The van der Waals surface area contributed by atoms with Gasteiger partial charge in [0.05, 0.1) is 6.42 Å². The standard InChI is InChI=1S/C22H32N4O2/c1-15-19(13-20(27)25-10-3-4-11-25)16(2)24-21(23-15)18-9-6-12-26(14-18)22(28)17-7-5-8-17/h17-18H,3-14H2,1-2H3/t18-/m1/s1. The lowest BCUT2D eigenvalue weighted by Gasteiger charge is -2.37. The first kappa shape index (κ1) is 19.3. The first-order chi connectivity index (χ1) is 13.5. The minimum atomic E-state index is 0.190. The summed E-state index contributed by atoms with van der Waals surface area (Å²) in [5, 5.41) is 0. The summed E-state index contributed by atoms with van der Waals surface area (Å²) in [5.74, 6) is 1.83. The van der Waals surface area contributed by atoms with Crippen LogP contribution in [0.1, 0.15) is 73.6 Å². The quantitative estimate of drug-likeness (QED) is 0.801. The topological polar surface area (TPSA) is 66.4 Å². The molecule has 0 spiro atoms. The molecule has 4 rings (SSSR count). The molecule has 1 atom stereocenters. The maximum Gasteiger partial charge on any atom is 0.227 e. The van der Waals surface area contributed by atoms with Gasteiger partial charge in [-0.1, -0.05) is 6.42 Å². The van der Waals surface area contributed by atoms with Crippen LogP contribution in [0.3, 0.4) is 0 Å². The second-order valence-corrected chi connectivity index (χ2v) is 8.75. The lowest BCUT2D eigenvalue weighted by atomic mass is 9.83. The fourth-order valence-electron chi connectivity index (χ4n) is 4.73. The van der Waals surface area contributed by atoms with Gasteiger partial charge in [-0.2, -0.15) is 0 Å². The molecule has 28 heavy (non-hydrogen) atoms. The molecule has 0 bridgehead atoms. The highest BCUT2D eigenvalue weighted by Gasteiger charge is 2.33. The SMILES string of the molecule is Cc1nc([C@@H]2CCCN(C(=O)C3CCC3)C2)nc(C)c1CC(=O)N1CCCC1. The van der Waals surface area contributed by atoms with Crippen molar-refractivity contribution in [2.75, 3.05) is 26.2 Å². The molecule has 1 aromatic heterocycles. The first-order valence-electron chi connectivity index (χ1n) is 10.9. The summed E-state index contributed by atoms with van der Waals surface area (Å²) in [6.07, 6.45) is 7.94. The Hall–Kier alpha value is -1.98. The van der Waals surface area contributed by atoms with Gasteiger partial charge in [-0.15, -0.1) is 0 Å². The third kappa shape index (κ3) is 3.91. The number of hydrogen-bond acceptors (Lipinski definition) is 4. The molecule has 0 aromatic carbocycles. The molecule has 2 saturated heterocycles. The number of aromatic nitrogens is 2. The van der Waals surface area contributed by atoms with Crippen molar-refractivity contribution < 1.29 is 9.59 Å². The van der Waals surface area contributed by atoms with Crippen LogP contribution in [0.4, 0.5) is 0 Å². The lowest BCUT2D eigenvalue weighted by Crippen LogP contribution is -2.44. The summed E-state index contributed by atoms with van der Waals surface area (Å²) in [6.45, 7) is 7.34. The number of carbonyl (C=O) groups is 2. The average molecular weight is 385 g/mol. The molecule has 2 amide bonds. The monoisotopic (exact) mass is 384 g/mol. The van der Waals surface area contributed by atoms with Crippen LogP contribution in [0.2, 0.25) is 0 Å². The van der Waals surface area contributed by atoms with E-state index >= 15 is 0 Å².